The SMILES string of the molecule is CC(=O)C=Cc1ccc(C(N)=O)cc1. The van der Waals surface area contributed by atoms with Crippen molar-refractivity contribution >= 4 is 17.8 Å². The minimum absolute atomic E-state index is 0.0102. The normalized spacial score (nSPS) is 10.4. The lowest BCUT2D eigenvalue weighted by molar-refractivity contribution is -0.112. The van der Waals surface area contributed by atoms with Crippen molar-refractivity contribution in [3.8, 4) is 0 Å². The summed E-state index contributed by atoms with van der Waals surface area (Å²) >= 11 is 0. The van der Waals surface area contributed by atoms with Crippen LogP contribution in [0.3, 0.4) is 0 Å². The van der Waals surface area contributed by atoms with Crippen molar-refractivity contribution in [2.75, 3.05) is 0 Å². The van der Waals surface area contributed by atoms with Gasteiger partial charge in [-0.3, -0.25) is 9.59 Å². The van der Waals surface area contributed by atoms with E-state index in [2.05, 4.69) is 0 Å². The Bertz CT molecular complexity index is 377. The van der Waals surface area contributed by atoms with Crippen molar-refractivity contribution in [1.29, 1.82) is 0 Å². The highest BCUT2D eigenvalue weighted by molar-refractivity contribution is 5.93. The Balaban J connectivity index is 2.83. The van der Waals surface area contributed by atoms with Gasteiger partial charge in [-0.25, -0.2) is 0 Å². The lowest BCUT2D eigenvalue weighted by Crippen LogP contribution is -2.10. The number of ketones is 1. The fourth-order valence-corrected chi connectivity index (χ4v) is 0.972. The Morgan fingerprint density at radius 2 is 1.79 bits per heavy atom. The monoisotopic (exact) mass is 189 g/mol. The van der Waals surface area contributed by atoms with Crippen molar-refractivity contribution in [3.63, 3.8) is 0 Å². The average molecular weight is 189 g/mol. The van der Waals surface area contributed by atoms with Crippen LogP contribution in [0.4, 0.5) is 0 Å². The Morgan fingerprint density at radius 1 is 1.21 bits per heavy atom. The molecule has 0 aromatic heterocycles. The van der Waals surface area contributed by atoms with Crippen LogP contribution < -0.4 is 5.73 Å². The molecule has 0 atom stereocenters. The average Bonchev–Trinajstić information content (AvgIpc) is 2.15. The summed E-state index contributed by atoms with van der Waals surface area (Å²) in [4.78, 5) is 21.4. The highest BCUT2D eigenvalue weighted by Gasteiger charge is 1.97. The van der Waals surface area contributed by atoms with E-state index in [1.165, 1.54) is 13.0 Å². The highest BCUT2D eigenvalue weighted by Crippen LogP contribution is 2.05. The second-order valence-corrected chi connectivity index (χ2v) is 2.93. The molecule has 0 fully saturated rings. The maximum absolute atomic E-state index is 10.7. The molecule has 0 aliphatic carbocycles. The molecule has 72 valence electrons. The number of carbonyl (C=O) groups is 2. The Labute approximate surface area is 82.2 Å². The van der Waals surface area contributed by atoms with Gasteiger partial charge < -0.3 is 5.73 Å². The van der Waals surface area contributed by atoms with Gasteiger partial charge in [-0.15, -0.1) is 0 Å². The van der Waals surface area contributed by atoms with E-state index in [9.17, 15) is 9.59 Å². The molecular weight excluding hydrogens is 178 g/mol. The number of allylic oxidation sites excluding steroid dienone is 1. The topological polar surface area (TPSA) is 60.2 Å². The molecule has 1 aromatic rings. The molecule has 0 aliphatic heterocycles. The number of carbonyl (C=O) groups excluding carboxylic acids is 2. The van der Waals surface area contributed by atoms with Crippen LogP contribution in [0.15, 0.2) is 30.3 Å². The maximum atomic E-state index is 10.7. The maximum Gasteiger partial charge on any atom is 0.248 e. The second kappa shape index (κ2) is 4.37. The summed E-state index contributed by atoms with van der Waals surface area (Å²) < 4.78 is 0. The van der Waals surface area contributed by atoms with Crippen LogP contribution in [-0.4, -0.2) is 11.7 Å². The van der Waals surface area contributed by atoms with Gasteiger partial charge in [0.1, 0.15) is 0 Å². The number of nitrogens with two attached hydrogens (primary N) is 1. The zero-order valence-corrected chi connectivity index (χ0v) is 7.86. The third kappa shape index (κ3) is 2.86. The predicted molar refractivity (Wildman–Crippen MR) is 54.7 cm³/mol. The largest absolute Gasteiger partial charge is 0.366 e. The van der Waals surface area contributed by atoms with Gasteiger partial charge in [0, 0.05) is 5.56 Å². The smallest absolute Gasteiger partial charge is 0.248 e. The summed E-state index contributed by atoms with van der Waals surface area (Å²) in [5.41, 5.74) is 6.40. The van der Waals surface area contributed by atoms with Gasteiger partial charge in [0.25, 0.3) is 0 Å². The Morgan fingerprint density at radius 3 is 2.21 bits per heavy atom. The Hall–Kier alpha value is -1.90. The number of amides is 1. The van der Waals surface area contributed by atoms with Gasteiger partial charge in [0.15, 0.2) is 5.78 Å². The van der Waals surface area contributed by atoms with Crippen molar-refractivity contribution in [2.24, 2.45) is 5.73 Å². The van der Waals surface area contributed by atoms with Crippen LogP contribution in [0.25, 0.3) is 6.08 Å². The number of hydrogen-bond donors (Lipinski definition) is 1. The molecule has 0 saturated heterocycles. The van der Waals surface area contributed by atoms with Gasteiger partial charge in [0.05, 0.1) is 0 Å². The first kappa shape index (κ1) is 10.2. The fraction of sp³-hybridized carbons (Fsp3) is 0.0909. The molecule has 3 nitrogen and oxygen atoms in total. The number of primary amides is 1. The van der Waals surface area contributed by atoms with Crippen LogP contribution >= 0.6 is 0 Å². The van der Waals surface area contributed by atoms with Crippen molar-refractivity contribution in [3.05, 3.63) is 41.5 Å². The van der Waals surface area contributed by atoms with E-state index in [0.29, 0.717) is 5.56 Å². The molecule has 14 heavy (non-hydrogen) atoms. The third-order valence-corrected chi connectivity index (χ3v) is 1.71. The van der Waals surface area contributed by atoms with Crippen molar-refractivity contribution < 1.29 is 9.59 Å². The molecule has 0 bridgehead atoms. The zero-order chi connectivity index (χ0) is 10.6. The molecule has 0 heterocycles. The van der Waals surface area contributed by atoms with Gasteiger partial charge >= 0.3 is 0 Å². The minimum Gasteiger partial charge on any atom is -0.366 e. The molecule has 1 amide bonds. The lowest BCUT2D eigenvalue weighted by Gasteiger charge is -1.95. The van der Waals surface area contributed by atoms with E-state index in [1.54, 1.807) is 30.3 Å². The molecule has 0 saturated carbocycles. The van der Waals surface area contributed by atoms with Crippen LogP contribution in [-0.2, 0) is 4.79 Å². The summed E-state index contributed by atoms with van der Waals surface area (Å²) in [6.07, 6.45) is 3.16. The van der Waals surface area contributed by atoms with Crippen LogP contribution in [0, 0.1) is 0 Å². The second-order valence-electron chi connectivity index (χ2n) is 2.93. The van der Waals surface area contributed by atoms with E-state index in [1.807, 2.05) is 0 Å². The van der Waals surface area contributed by atoms with E-state index >= 15 is 0 Å². The first-order valence-electron chi connectivity index (χ1n) is 4.18. The number of rotatable bonds is 3. The van der Waals surface area contributed by atoms with Crippen molar-refractivity contribution in [2.45, 2.75) is 6.92 Å². The van der Waals surface area contributed by atoms with Crippen LogP contribution in [0.1, 0.15) is 22.8 Å². The van der Waals surface area contributed by atoms with Crippen LogP contribution in [0.2, 0.25) is 0 Å². The lowest BCUT2D eigenvalue weighted by atomic mass is 10.1. The van der Waals surface area contributed by atoms with Gasteiger partial charge in [-0.2, -0.15) is 0 Å². The molecule has 1 aromatic carbocycles. The first-order chi connectivity index (χ1) is 6.59. The van der Waals surface area contributed by atoms with E-state index in [4.69, 9.17) is 5.73 Å². The Kier molecular flexibility index (Phi) is 3.18. The molecular formula is C11H11NO2. The third-order valence-electron chi connectivity index (χ3n) is 1.71. The molecule has 0 unspecified atom stereocenters. The molecule has 0 spiro atoms. The standard InChI is InChI=1S/C11H11NO2/c1-8(13)2-3-9-4-6-10(7-5-9)11(12)14/h2-7H,1H3,(H2,12,14). The summed E-state index contributed by atoms with van der Waals surface area (Å²) in [5, 5.41) is 0. The van der Waals surface area contributed by atoms with E-state index in [-0.39, 0.29) is 5.78 Å². The summed E-state index contributed by atoms with van der Waals surface area (Å²) in [6.45, 7) is 1.48. The number of hydrogen-bond acceptors (Lipinski definition) is 2. The summed E-state index contributed by atoms with van der Waals surface area (Å²) in [5.74, 6) is -0.462. The van der Waals surface area contributed by atoms with Crippen molar-refractivity contribution in [1.82, 2.24) is 0 Å². The molecule has 0 aliphatic rings. The fourth-order valence-electron chi connectivity index (χ4n) is 0.972. The van der Waals surface area contributed by atoms with Gasteiger partial charge in [-0.05, 0) is 30.7 Å². The summed E-state index contributed by atoms with van der Waals surface area (Å²) in [6, 6.07) is 6.73. The predicted octanol–water partition coefficient (Wildman–Crippen LogP) is 1.39. The van der Waals surface area contributed by atoms with Crippen LogP contribution in [0.5, 0.6) is 0 Å². The minimum atomic E-state index is -0.452. The highest BCUT2D eigenvalue weighted by atomic mass is 16.1. The van der Waals surface area contributed by atoms with E-state index in [0.717, 1.165) is 5.56 Å². The van der Waals surface area contributed by atoms with Gasteiger partial charge in [-0.1, -0.05) is 18.2 Å². The van der Waals surface area contributed by atoms with E-state index < -0.39 is 5.91 Å². The quantitative estimate of drug-likeness (QED) is 0.730. The zero-order valence-electron chi connectivity index (χ0n) is 7.86. The first-order valence-corrected chi connectivity index (χ1v) is 4.18. The molecule has 1 rings (SSSR count). The molecule has 3 heteroatoms. The summed E-state index contributed by atoms with van der Waals surface area (Å²) in [7, 11) is 0. The molecule has 2 N–H and O–H groups in total. The number of benzene rings is 1. The molecule has 0 radical (unpaired) electrons. The van der Waals surface area contributed by atoms with Gasteiger partial charge in [0.2, 0.25) is 5.91 Å².